The summed E-state index contributed by atoms with van der Waals surface area (Å²) in [6.45, 7) is 0.392. The molecule has 0 aromatic carbocycles. The topological polar surface area (TPSA) is 95.3 Å². The predicted molar refractivity (Wildman–Crippen MR) is 72.9 cm³/mol. The van der Waals surface area contributed by atoms with Crippen LogP contribution in [0, 0.1) is 11.3 Å². The third kappa shape index (κ3) is 2.86. The maximum Gasteiger partial charge on any atom is 0.244 e. The molecule has 1 atom stereocenters. The second kappa shape index (κ2) is 5.93. The van der Waals surface area contributed by atoms with Gasteiger partial charge >= 0.3 is 0 Å². The summed E-state index contributed by atoms with van der Waals surface area (Å²) in [7, 11) is -2.08. The number of anilines is 1. The lowest BCUT2D eigenvalue weighted by Gasteiger charge is -2.28. The van der Waals surface area contributed by atoms with Crippen molar-refractivity contribution < 1.29 is 13.2 Å². The molecule has 7 nitrogen and oxygen atoms in total. The Balaban J connectivity index is 2.30. The molecule has 1 unspecified atom stereocenters. The third-order valence-electron chi connectivity index (χ3n) is 2.86. The van der Waals surface area contributed by atoms with E-state index in [9.17, 15) is 8.42 Å². The van der Waals surface area contributed by atoms with Gasteiger partial charge < -0.3 is 10.1 Å². The van der Waals surface area contributed by atoms with Crippen molar-refractivity contribution in [2.24, 2.45) is 0 Å². The van der Waals surface area contributed by atoms with E-state index < -0.39 is 16.1 Å². The van der Waals surface area contributed by atoms with Gasteiger partial charge in [0.25, 0.3) is 0 Å². The minimum atomic E-state index is -3.73. The summed E-state index contributed by atoms with van der Waals surface area (Å²) in [4.78, 5) is 3.95. The van der Waals surface area contributed by atoms with Crippen molar-refractivity contribution in [2.45, 2.75) is 11.0 Å². The van der Waals surface area contributed by atoms with Gasteiger partial charge in [-0.15, -0.1) is 0 Å². The first-order valence-electron chi connectivity index (χ1n) is 5.83. The number of nitriles is 1. The molecule has 9 heteroatoms. The molecule has 20 heavy (non-hydrogen) atoms. The molecule has 108 valence electrons. The van der Waals surface area contributed by atoms with E-state index in [-0.39, 0.29) is 29.6 Å². The summed E-state index contributed by atoms with van der Waals surface area (Å²) in [6, 6.07) is 3.25. The van der Waals surface area contributed by atoms with Gasteiger partial charge in [-0.2, -0.15) is 9.57 Å². The fourth-order valence-corrected chi connectivity index (χ4v) is 3.54. The van der Waals surface area contributed by atoms with Crippen LogP contribution in [0.5, 0.6) is 0 Å². The highest BCUT2D eigenvalue weighted by Crippen LogP contribution is 2.25. The van der Waals surface area contributed by atoms with E-state index in [1.807, 2.05) is 6.07 Å². The number of nitrogens with zero attached hydrogens (tertiary/aromatic N) is 3. The second-order valence-corrected chi connectivity index (χ2v) is 6.45. The Morgan fingerprint density at radius 1 is 1.65 bits per heavy atom. The summed E-state index contributed by atoms with van der Waals surface area (Å²) >= 11 is 5.95. The van der Waals surface area contributed by atoms with E-state index in [2.05, 4.69) is 10.3 Å². The van der Waals surface area contributed by atoms with Gasteiger partial charge in [0, 0.05) is 19.8 Å². The number of sulfonamides is 1. The standard InChI is InChI=1S/C11H13ClN4O3S/c1-14-11-10(12)4-9(6-15-11)20(17,18)16-2-3-19-8(5-13)7-16/h4,6,8H,2-3,7H2,1H3,(H,14,15). The highest BCUT2D eigenvalue weighted by atomic mass is 35.5. The van der Waals surface area contributed by atoms with Crippen LogP contribution in [0.2, 0.25) is 5.02 Å². The average molecular weight is 317 g/mol. The van der Waals surface area contributed by atoms with Crippen molar-refractivity contribution in [3.63, 3.8) is 0 Å². The molecule has 0 amide bonds. The maximum absolute atomic E-state index is 12.4. The normalized spacial score (nSPS) is 20.4. The molecule has 2 rings (SSSR count). The number of nitrogens with one attached hydrogen (secondary N) is 1. The first-order chi connectivity index (χ1) is 9.48. The number of hydrogen-bond acceptors (Lipinski definition) is 6. The Morgan fingerprint density at radius 3 is 3.00 bits per heavy atom. The lowest BCUT2D eigenvalue weighted by Crippen LogP contribution is -2.45. The lowest BCUT2D eigenvalue weighted by molar-refractivity contribution is 0.0311. The number of halogens is 1. The van der Waals surface area contributed by atoms with Crippen molar-refractivity contribution in [3.8, 4) is 6.07 Å². The number of morpholine rings is 1. The molecule has 1 aromatic rings. The summed E-state index contributed by atoms with van der Waals surface area (Å²) in [5.74, 6) is 0.405. The van der Waals surface area contributed by atoms with E-state index in [4.69, 9.17) is 21.6 Å². The number of pyridine rings is 1. The molecular weight excluding hydrogens is 304 g/mol. The molecule has 2 heterocycles. The van der Waals surface area contributed by atoms with Crippen LogP contribution in [-0.2, 0) is 14.8 Å². The van der Waals surface area contributed by atoms with Crippen molar-refractivity contribution >= 4 is 27.4 Å². The Morgan fingerprint density at radius 2 is 2.40 bits per heavy atom. The molecule has 1 aliphatic rings. The van der Waals surface area contributed by atoms with Gasteiger partial charge in [0.15, 0.2) is 6.10 Å². The van der Waals surface area contributed by atoms with Crippen LogP contribution in [0.4, 0.5) is 5.82 Å². The number of hydrogen-bond donors (Lipinski definition) is 1. The Labute approximate surface area is 122 Å². The summed E-state index contributed by atoms with van der Waals surface area (Å²) in [5, 5.41) is 11.8. The van der Waals surface area contributed by atoms with E-state index in [1.54, 1.807) is 7.05 Å². The molecule has 0 bridgehead atoms. The smallest absolute Gasteiger partial charge is 0.244 e. The fraction of sp³-hybridized carbons (Fsp3) is 0.455. The number of ether oxygens (including phenoxy) is 1. The highest BCUT2D eigenvalue weighted by Gasteiger charge is 2.31. The quantitative estimate of drug-likeness (QED) is 0.881. The monoisotopic (exact) mass is 316 g/mol. The van der Waals surface area contributed by atoms with Crippen LogP contribution in [0.3, 0.4) is 0 Å². The van der Waals surface area contributed by atoms with Crippen molar-refractivity contribution in [3.05, 3.63) is 17.3 Å². The summed E-state index contributed by atoms with van der Waals surface area (Å²) in [6.07, 6.45) is 0.489. The van der Waals surface area contributed by atoms with Gasteiger partial charge in [0.05, 0.1) is 24.2 Å². The minimum Gasteiger partial charge on any atom is -0.372 e. The van der Waals surface area contributed by atoms with Gasteiger partial charge in [0.2, 0.25) is 10.0 Å². The largest absolute Gasteiger partial charge is 0.372 e. The molecule has 0 saturated carbocycles. The van der Waals surface area contributed by atoms with Crippen molar-refractivity contribution in [2.75, 3.05) is 32.1 Å². The van der Waals surface area contributed by atoms with Crippen LogP contribution in [-0.4, -0.2) is 50.6 Å². The number of aromatic nitrogens is 1. The number of rotatable bonds is 3. The Bertz CT molecular complexity index is 644. The first-order valence-corrected chi connectivity index (χ1v) is 7.65. The molecule has 0 radical (unpaired) electrons. The molecular formula is C11H13ClN4O3S. The Hall–Kier alpha value is -1.40. The summed E-state index contributed by atoms with van der Waals surface area (Å²) < 4.78 is 31.2. The van der Waals surface area contributed by atoms with E-state index in [0.717, 1.165) is 0 Å². The average Bonchev–Trinajstić information content (AvgIpc) is 2.47. The molecule has 1 N–H and O–H groups in total. The van der Waals surface area contributed by atoms with Gasteiger partial charge in [-0.1, -0.05) is 11.6 Å². The SMILES string of the molecule is CNc1ncc(S(=O)(=O)N2CCOC(C#N)C2)cc1Cl. The third-order valence-corrected chi connectivity index (χ3v) is 4.98. The van der Waals surface area contributed by atoms with Gasteiger partial charge in [0.1, 0.15) is 10.7 Å². The van der Waals surface area contributed by atoms with E-state index >= 15 is 0 Å². The van der Waals surface area contributed by atoms with Crippen molar-refractivity contribution in [1.29, 1.82) is 5.26 Å². The van der Waals surface area contributed by atoms with E-state index in [1.165, 1.54) is 16.6 Å². The van der Waals surface area contributed by atoms with Crippen LogP contribution in [0.25, 0.3) is 0 Å². The molecule has 1 saturated heterocycles. The Kier molecular flexibility index (Phi) is 4.45. The first kappa shape index (κ1) is 15.0. The maximum atomic E-state index is 12.4. The van der Waals surface area contributed by atoms with Crippen LogP contribution in [0.1, 0.15) is 0 Å². The zero-order valence-corrected chi connectivity index (χ0v) is 12.3. The van der Waals surface area contributed by atoms with Crippen molar-refractivity contribution in [1.82, 2.24) is 9.29 Å². The fourth-order valence-electron chi connectivity index (χ4n) is 1.82. The zero-order valence-electron chi connectivity index (χ0n) is 10.7. The van der Waals surface area contributed by atoms with Crippen LogP contribution >= 0.6 is 11.6 Å². The molecule has 1 fully saturated rings. The second-order valence-electron chi connectivity index (χ2n) is 4.10. The van der Waals surface area contributed by atoms with Gasteiger partial charge in [-0.05, 0) is 6.07 Å². The minimum absolute atomic E-state index is 0.0000831. The predicted octanol–water partition coefficient (Wildman–Crippen LogP) is 0.690. The zero-order chi connectivity index (χ0) is 14.8. The lowest BCUT2D eigenvalue weighted by atomic mass is 10.3. The van der Waals surface area contributed by atoms with Crippen LogP contribution in [0.15, 0.2) is 17.2 Å². The van der Waals surface area contributed by atoms with E-state index in [0.29, 0.717) is 5.82 Å². The molecule has 0 aliphatic carbocycles. The molecule has 1 aliphatic heterocycles. The highest BCUT2D eigenvalue weighted by molar-refractivity contribution is 7.89. The van der Waals surface area contributed by atoms with Gasteiger partial charge in [-0.3, -0.25) is 0 Å². The molecule has 1 aromatic heterocycles. The summed E-state index contributed by atoms with van der Waals surface area (Å²) in [5.41, 5.74) is 0. The molecule has 0 spiro atoms. The van der Waals surface area contributed by atoms with Crippen LogP contribution < -0.4 is 5.32 Å². The van der Waals surface area contributed by atoms with Gasteiger partial charge in [-0.25, -0.2) is 13.4 Å².